The summed E-state index contributed by atoms with van der Waals surface area (Å²) >= 11 is 0. The Morgan fingerprint density at radius 1 is 1.07 bits per heavy atom. The summed E-state index contributed by atoms with van der Waals surface area (Å²) in [5.41, 5.74) is 3.51. The molecule has 2 rings (SSSR count). The van der Waals surface area contributed by atoms with E-state index in [-0.39, 0.29) is 11.8 Å². The molecule has 0 saturated carbocycles. The number of hydrogen-bond acceptors (Lipinski definition) is 3. The minimum atomic E-state index is -0.173. The van der Waals surface area contributed by atoms with Gasteiger partial charge in [0.1, 0.15) is 6.54 Å². The Morgan fingerprint density at radius 2 is 1.78 bits per heavy atom. The van der Waals surface area contributed by atoms with Gasteiger partial charge < -0.3 is 20.4 Å². The van der Waals surface area contributed by atoms with E-state index in [4.69, 9.17) is 0 Å². The maximum absolute atomic E-state index is 12.4. The molecule has 0 bridgehead atoms. The molecule has 2 aromatic rings. The number of benzene rings is 2. The van der Waals surface area contributed by atoms with Crippen LogP contribution in [0.4, 0.5) is 11.4 Å². The molecule has 3 N–H and O–H groups in total. The summed E-state index contributed by atoms with van der Waals surface area (Å²) in [6, 6.07) is 15.3. The predicted octanol–water partition coefficient (Wildman–Crippen LogP) is 1.16. The normalized spacial score (nSPS) is 11.6. The SMILES string of the molecule is CC[NH+](CC(=O)Nc1cccc(C(=O)NC)c1)Cc1ccc(N(C)C)cc1. The molecule has 27 heavy (non-hydrogen) atoms. The van der Waals surface area contributed by atoms with Gasteiger partial charge in [0.15, 0.2) is 6.54 Å². The van der Waals surface area contributed by atoms with E-state index in [9.17, 15) is 9.59 Å². The van der Waals surface area contributed by atoms with Crippen LogP contribution in [0.15, 0.2) is 48.5 Å². The van der Waals surface area contributed by atoms with Crippen molar-refractivity contribution in [2.24, 2.45) is 0 Å². The highest BCUT2D eigenvalue weighted by Crippen LogP contribution is 2.12. The molecule has 6 heteroatoms. The Hall–Kier alpha value is -2.86. The molecule has 2 aromatic carbocycles. The van der Waals surface area contributed by atoms with E-state index in [1.165, 1.54) is 10.5 Å². The van der Waals surface area contributed by atoms with Crippen molar-refractivity contribution in [2.75, 3.05) is 44.4 Å². The highest BCUT2D eigenvalue weighted by molar-refractivity contribution is 5.97. The summed E-state index contributed by atoms with van der Waals surface area (Å²) in [4.78, 5) is 27.4. The fraction of sp³-hybridized carbons (Fsp3) is 0.333. The van der Waals surface area contributed by atoms with Crippen molar-refractivity contribution < 1.29 is 14.5 Å². The van der Waals surface area contributed by atoms with Crippen LogP contribution in [0.25, 0.3) is 0 Å². The maximum atomic E-state index is 12.4. The number of quaternary nitrogens is 1. The molecule has 0 heterocycles. The summed E-state index contributed by atoms with van der Waals surface area (Å²) in [5, 5.41) is 5.47. The molecule has 1 atom stereocenters. The third-order valence-corrected chi connectivity index (χ3v) is 4.45. The average Bonchev–Trinajstić information content (AvgIpc) is 2.67. The lowest BCUT2D eigenvalue weighted by atomic mass is 10.2. The van der Waals surface area contributed by atoms with E-state index in [0.717, 1.165) is 18.8 Å². The number of likely N-dealkylation sites (N-methyl/N-ethyl adjacent to an activating group) is 1. The lowest BCUT2D eigenvalue weighted by molar-refractivity contribution is -0.903. The molecule has 0 aliphatic rings. The van der Waals surface area contributed by atoms with Crippen LogP contribution in [-0.4, -0.2) is 46.0 Å². The second-order valence-corrected chi connectivity index (χ2v) is 6.73. The van der Waals surface area contributed by atoms with E-state index >= 15 is 0 Å². The zero-order valence-corrected chi connectivity index (χ0v) is 16.5. The van der Waals surface area contributed by atoms with Crippen molar-refractivity contribution in [1.29, 1.82) is 0 Å². The molecule has 0 saturated heterocycles. The van der Waals surface area contributed by atoms with Crippen LogP contribution in [-0.2, 0) is 11.3 Å². The van der Waals surface area contributed by atoms with Crippen LogP contribution in [0.3, 0.4) is 0 Å². The van der Waals surface area contributed by atoms with Crippen LogP contribution < -0.4 is 20.4 Å². The zero-order valence-electron chi connectivity index (χ0n) is 16.5. The van der Waals surface area contributed by atoms with Crippen molar-refractivity contribution in [3.05, 3.63) is 59.7 Å². The minimum absolute atomic E-state index is 0.0641. The van der Waals surface area contributed by atoms with Crippen molar-refractivity contribution in [3.63, 3.8) is 0 Å². The predicted molar refractivity (Wildman–Crippen MR) is 109 cm³/mol. The number of amides is 2. The molecule has 0 spiro atoms. The Balaban J connectivity index is 1.95. The zero-order chi connectivity index (χ0) is 19.8. The van der Waals surface area contributed by atoms with Gasteiger partial charge in [-0.15, -0.1) is 0 Å². The Morgan fingerprint density at radius 3 is 2.37 bits per heavy atom. The molecule has 0 radical (unpaired) electrons. The first kappa shape index (κ1) is 20.5. The Labute approximate surface area is 161 Å². The van der Waals surface area contributed by atoms with Crippen molar-refractivity contribution in [1.82, 2.24) is 5.32 Å². The fourth-order valence-electron chi connectivity index (χ4n) is 2.83. The van der Waals surface area contributed by atoms with Gasteiger partial charge in [-0.05, 0) is 37.3 Å². The van der Waals surface area contributed by atoms with Crippen molar-refractivity contribution in [3.8, 4) is 0 Å². The Kier molecular flexibility index (Phi) is 7.37. The average molecular weight is 369 g/mol. The lowest BCUT2D eigenvalue weighted by Crippen LogP contribution is -3.11. The summed E-state index contributed by atoms with van der Waals surface area (Å²) in [7, 11) is 5.62. The van der Waals surface area contributed by atoms with Gasteiger partial charge in [-0.3, -0.25) is 9.59 Å². The van der Waals surface area contributed by atoms with Gasteiger partial charge in [-0.2, -0.15) is 0 Å². The van der Waals surface area contributed by atoms with E-state index in [0.29, 0.717) is 17.8 Å². The van der Waals surface area contributed by atoms with Gasteiger partial charge in [0, 0.05) is 43.6 Å². The second-order valence-electron chi connectivity index (χ2n) is 6.73. The van der Waals surface area contributed by atoms with Crippen molar-refractivity contribution >= 4 is 23.2 Å². The van der Waals surface area contributed by atoms with Gasteiger partial charge >= 0.3 is 0 Å². The molecule has 6 nitrogen and oxygen atoms in total. The first-order valence-corrected chi connectivity index (χ1v) is 9.14. The van der Waals surface area contributed by atoms with E-state index in [1.807, 2.05) is 14.1 Å². The molecule has 0 aliphatic heterocycles. The third kappa shape index (κ3) is 6.11. The van der Waals surface area contributed by atoms with Gasteiger partial charge in [0.05, 0.1) is 6.54 Å². The largest absolute Gasteiger partial charge is 0.378 e. The number of carbonyl (C=O) groups excluding carboxylic acids is 2. The molecular weight excluding hydrogens is 340 g/mol. The third-order valence-electron chi connectivity index (χ3n) is 4.45. The quantitative estimate of drug-likeness (QED) is 0.654. The first-order chi connectivity index (χ1) is 12.9. The molecule has 1 unspecified atom stereocenters. The van der Waals surface area contributed by atoms with Crippen LogP contribution in [0, 0.1) is 0 Å². The molecule has 0 fully saturated rings. The molecule has 2 amide bonds. The number of carbonyl (C=O) groups is 2. The molecule has 144 valence electrons. The summed E-state index contributed by atoms with van der Waals surface area (Å²) < 4.78 is 0. The summed E-state index contributed by atoms with van der Waals surface area (Å²) in [5.74, 6) is -0.237. The van der Waals surface area contributed by atoms with Gasteiger partial charge in [0.2, 0.25) is 0 Å². The van der Waals surface area contributed by atoms with Crippen LogP contribution in [0.1, 0.15) is 22.8 Å². The van der Waals surface area contributed by atoms with E-state index < -0.39 is 0 Å². The summed E-state index contributed by atoms with van der Waals surface area (Å²) in [6.07, 6.45) is 0. The van der Waals surface area contributed by atoms with Gasteiger partial charge in [0.25, 0.3) is 11.8 Å². The first-order valence-electron chi connectivity index (χ1n) is 9.14. The monoisotopic (exact) mass is 369 g/mol. The van der Waals surface area contributed by atoms with Crippen molar-refractivity contribution in [2.45, 2.75) is 13.5 Å². The minimum Gasteiger partial charge on any atom is -0.378 e. The number of hydrogen-bond donors (Lipinski definition) is 3. The van der Waals surface area contributed by atoms with Gasteiger partial charge in [-0.1, -0.05) is 18.2 Å². The number of nitrogens with zero attached hydrogens (tertiary/aromatic N) is 1. The highest BCUT2D eigenvalue weighted by atomic mass is 16.2. The number of rotatable bonds is 8. The van der Waals surface area contributed by atoms with Crippen LogP contribution in [0.5, 0.6) is 0 Å². The van der Waals surface area contributed by atoms with Crippen LogP contribution >= 0.6 is 0 Å². The molecule has 0 aromatic heterocycles. The fourth-order valence-corrected chi connectivity index (χ4v) is 2.83. The highest BCUT2D eigenvalue weighted by Gasteiger charge is 2.14. The molecular formula is C21H29N4O2+. The molecule has 0 aliphatic carbocycles. The van der Waals surface area contributed by atoms with Crippen LogP contribution in [0.2, 0.25) is 0 Å². The second kappa shape index (κ2) is 9.73. The smallest absolute Gasteiger partial charge is 0.279 e. The van der Waals surface area contributed by atoms with E-state index in [2.05, 4.69) is 46.7 Å². The standard InChI is InChI=1S/C21H28N4O2/c1-5-25(14-16-9-11-19(12-10-16)24(3)4)15-20(26)23-18-8-6-7-17(13-18)21(27)22-2/h6-13H,5,14-15H2,1-4H3,(H,22,27)(H,23,26)/p+1. The Bertz CT molecular complexity index is 772. The number of anilines is 2. The number of nitrogens with one attached hydrogen (secondary N) is 3. The van der Waals surface area contributed by atoms with E-state index in [1.54, 1.807) is 31.3 Å². The topological polar surface area (TPSA) is 65.9 Å². The lowest BCUT2D eigenvalue weighted by Gasteiger charge is -2.18. The maximum Gasteiger partial charge on any atom is 0.279 e. The summed E-state index contributed by atoms with van der Waals surface area (Å²) in [6.45, 7) is 4.08. The van der Waals surface area contributed by atoms with Gasteiger partial charge in [-0.25, -0.2) is 0 Å².